The topological polar surface area (TPSA) is 108 Å². The molecule has 4 aromatic heterocycles. The van der Waals surface area contributed by atoms with Crippen molar-refractivity contribution in [3.05, 3.63) is 145 Å². The van der Waals surface area contributed by atoms with Gasteiger partial charge in [-0.15, -0.1) is 0 Å². The van der Waals surface area contributed by atoms with Crippen LogP contribution in [-0.2, 0) is 0 Å². The number of nitrogens with zero attached hydrogens (tertiary/aromatic N) is 4. The minimum absolute atomic E-state index is 0.249. The van der Waals surface area contributed by atoms with Crippen LogP contribution in [0.3, 0.4) is 0 Å². The van der Waals surface area contributed by atoms with Crippen LogP contribution < -0.4 is 9.13 Å². The molecular formula is C34H24N4O4+2. The predicted octanol–water partition coefficient (Wildman–Crippen LogP) is 5.43. The average Bonchev–Trinajstić information content (AvgIpc) is 3.05. The van der Waals surface area contributed by atoms with Gasteiger partial charge in [-0.3, -0.25) is 9.97 Å². The fourth-order valence-corrected chi connectivity index (χ4v) is 4.63. The molecule has 6 rings (SSSR count). The van der Waals surface area contributed by atoms with E-state index in [9.17, 15) is 9.59 Å². The van der Waals surface area contributed by atoms with E-state index in [1.807, 2.05) is 82.5 Å². The van der Waals surface area contributed by atoms with Crippen molar-refractivity contribution in [1.29, 1.82) is 0 Å². The van der Waals surface area contributed by atoms with Gasteiger partial charge in [0, 0.05) is 60.9 Å². The smallest absolute Gasteiger partial charge is 0.335 e. The third-order valence-electron chi connectivity index (χ3n) is 6.93. The second-order valence-electron chi connectivity index (χ2n) is 9.55. The van der Waals surface area contributed by atoms with E-state index in [1.54, 1.807) is 60.9 Å². The van der Waals surface area contributed by atoms with Crippen LogP contribution in [-0.4, -0.2) is 32.1 Å². The molecule has 0 aliphatic heterocycles. The molecule has 8 nitrogen and oxygen atoms in total. The number of benzene rings is 2. The molecule has 202 valence electrons. The Morgan fingerprint density at radius 2 is 0.833 bits per heavy atom. The molecule has 0 atom stereocenters. The van der Waals surface area contributed by atoms with E-state index < -0.39 is 11.9 Å². The zero-order valence-electron chi connectivity index (χ0n) is 22.2. The summed E-state index contributed by atoms with van der Waals surface area (Å²) in [6, 6.07) is 29.4. The number of aromatic nitrogens is 4. The van der Waals surface area contributed by atoms with E-state index in [0.29, 0.717) is 0 Å². The summed E-state index contributed by atoms with van der Waals surface area (Å²) < 4.78 is 3.85. The molecule has 0 spiro atoms. The average molecular weight is 553 g/mol. The van der Waals surface area contributed by atoms with Crippen molar-refractivity contribution in [2.24, 2.45) is 0 Å². The Labute approximate surface area is 241 Å². The lowest BCUT2D eigenvalue weighted by Crippen LogP contribution is -2.29. The second kappa shape index (κ2) is 11.2. The lowest BCUT2D eigenvalue weighted by atomic mass is 10.0. The van der Waals surface area contributed by atoms with E-state index in [-0.39, 0.29) is 11.1 Å². The van der Waals surface area contributed by atoms with Gasteiger partial charge in [0.05, 0.1) is 22.5 Å². The summed E-state index contributed by atoms with van der Waals surface area (Å²) >= 11 is 0. The molecule has 0 unspecified atom stereocenters. The Kier molecular flexibility index (Phi) is 7.01. The van der Waals surface area contributed by atoms with Gasteiger partial charge >= 0.3 is 11.9 Å². The van der Waals surface area contributed by atoms with Crippen LogP contribution in [0.15, 0.2) is 134 Å². The minimum Gasteiger partial charge on any atom is -0.478 e. The van der Waals surface area contributed by atoms with Crippen LogP contribution in [0.5, 0.6) is 0 Å². The molecule has 4 heterocycles. The van der Waals surface area contributed by atoms with Crippen molar-refractivity contribution in [2.75, 3.05) is 0 Å². The van der Waals surface area contributed by atoms with Gasteiger partial charge in [0.15, 0.2) is 24.8 Å². The molecule has 6 aromatic rings. The Bertz CT molecular complexity index is 1760. The van der Waals surface area contributed by atoms with Gasteiger partial charge in [-0.25, -0.2) is 9.59 Å². The number of hydrogen-bond donors (Lipinski definition) is 2. The molecular weight excluding hydrogens is 528 g/mol. The molecule has 0 aliphatic carbocycles. The highest BCUT2D eigenvalue weighted by molar-refractivity contribution is 5.88. The normalized spacial score (nSPS) is 10.8. The summed E-state index contributed by atoms with van der Waals surface area (Å²) in [6.45, 7) is 0. The second-order valence-corrected chi connectivity index (χ2v) is 9.55. The SMILES string of the molecule is O=C(O)c1ccc(-[n+]2ccc(-c3ccnc(-c4cc(-c5cc[n+](-c6ccc(C(=O)O)cc6)cc5)ccn4)c3)cc2)cc1. The predicted molar refractivity (Wildman–Crippen MR) is 155 cm³/mol. The number of aromatic carboxylic acids is 2. The first-order chi connectivity index (χ1) is 20.4. The van der Waals surface area contributed by atoms with Crippen molar-refractivity contribution in [2.45, 2.75) is 0 Å². The standard InChI is InChI=1S/C34H22N4O4/c39-33(40)25-1-5-29(6-2-25)37-17-11-23(12-18-37)27-9-15-35-31(21-27)32-22-28(10-16-36-32)24-13-19-38(20-14-24)30-7-3-26(4-8-30)34(41)42/h1-22H/p+2. The van der Waals surface area contributed by atoms with Crippen LogP contribution in [0.4, 0.5) is 0 Å². The Hall–Kier alpha value is -6.02. The molecule has 2 aromatic carbocycles. The van der Waals surface area contributed by atoms with E-state index in [2.05, 4.69) is 9.97 Å². The monoisotopic (exact) mass is 552 g/mol. The van der Waals surface area contributed by atoms with Crippen molar-refractivity contribution >= 4 is 11.9 Å². The highest BCUT2D eigenvalue weighted by Gasteiger charge is 2.12. The first-order valence-electron chi connectivity index (χ1n) is 13.1. The maximum Gasteiger partial charge on any atom is 0.335 e. The number of rotatable bonds is 7. The largest absolute Gasteiger partial charge is 0.478 e. The number of hydrogen-bond acceptors (Lipinski definition) is 4. The third-order valence-corrected chi connectivity index (χ3v) is 6.93. The van der Waals surface area contributed by atoms with Crippen LogP contribution in [0.1, 0.15) is 20.7 Å². The zero-order valence-corrected chi connectivity index (χ0v) is 22.2. The van der Waals surface area contributed by atoms with E-state index in [1.165, 1.54) is 0 Å². The first-order valence-corrected chi connectivity index (χ1v) is 13.1. The third kappa shape index (κ3) is 5.50. The van der Waals surface area contributed by atoms with Gasteiger partial charge in [0.25, 0.3) is 0 Å². The van der Waals surface area contributed by atoms with Crippen molar-refractivity contribution < 1.29 is 28.9 Å². The molecule has 0 saturated heterocycles. The molecule has 0 aliphatic rings. The number of carbonyl (C=O) groups is 2. The minimum atomic E-state index is -0.950. The number of carboxylic acid groups (broad SMARTS) is 2. The fourth-order valence-electron chi connectivity index (χ4n) is 4.63. The highest BCUT2D eigenvalue weighted by Crippen LogP contribution is 2.26. The summed E-state index contributed by atoms with van der Waals surface area (Å²) in [5.41, 5.74) is 7.74. The van der Waals surface area contributed by atoms with Crippen LogP contribution in [0.25, 0.3) is 45.0 Å². The van der Waals surface area contributed by atoms with Crippen molar-refractivity contribution in [3.63, 3.8) is 0 Å². The lowest BCUT2D eigenvalue weighted by Gasteiger charge is -2.07. The summed E-state index contributed by atoms with van der Waals surface area (Å²) in [6.07, 6.45) is 11.3. The molecule has 0 radical (unpaired) electrons. The Morgan fingerprint density at radius 1 is 0.476 bits per heavy atom. The molecule has 8 heteroatoms. The zero-order chi connectivity index (χ0) is 29.1. The van der Waals surface area contributed by atoms with Crippen molar-refractivity contribution in [1.82, 2.24) is 9.97 Å². The molecule has 0 bridgehead atoms. The van der Waals surface area contributed by atoms with Gasteiger partial charge in [-0.1, -0.05) is 0 Å². The molecule has 42 heavy (non-hydrogen) atoms. The first kappa shape index (κ1) is 26.2. The van der Waals surface area contributed by atoms with E-state index >= 15 is 0 Å². The fraction of sp³-hybridized carbons (Fsp3) is 0. The highest BCUT2D eigenvalue weighted by atomic mass is 16.4. The molecule has 0 fully saturated rings. The van der Waals surface area contributed by atoms with E-state index in [0.717, 1.165) is 45.0 Å². The van der Waals surface area contributed by atoms with Crippen LogP contribution >= 0.6 is 0 Å². The van der Waals surface area contributed by atoms with Crippen LogP contribution in [0.2, 0.25) is 0 Å². The maximum absolute atomic E-state index is 11.1. The Balaban J connectivity index is 1.22. The van der Waals surface area contributed by atoms with E-state index in [4.69, 9.17) is 10.2 Å². The van der Waals surface area contributed by atoms with Crippen LogP contribution in [0, 0.1) is 0 Å². The van der Waals surface area contributed by atoms with Gasteiger partial charge in [0.1, 0.15) is 0 Å². The van der Waals surface area contributed by atoms with Gasteiger partial charge < -0.3 is 10.2 Å². The molecule has 0 saturated carbocycles. The van der Waals surface area contributed by atoms with Crippen molar-refractivity contribution in [3.8, 4) is 45.0 Å². The summed E-state index contributed by atoms with van der Waals surface area (Å²) in [5.74, 6) is -1.90. The van der Waals surface area contributed by atoms with Gasteiger partial charge in [-0.2, -0.15) is 9.13 Å². The maximum atomic E-state index is 11.1. The summed E-state index contributed by atoms with van der Waals surface area (Å²) in [5, 5.41) is 18.2. The molecule has 0 amide bonds. The quantitative estimate of drug-likeness (QED) is 0.256. The Morgan fingerprint density at radius 3 is 1.17 bits per heavy atom. The number of carboxylic acids is 2. The number of pyridine rings is 4. The van der Waals surface area contributed by atoms with Gasteiger partial charge in [0.2, 0.25) is 11.4 Å². The summed E-state index contributed by atoms with van der Waals surface area (Å²) in [7, 11) is 0. The van der Waals surface area contributed by atoms with Gasteiger partial charge in [-0.05, 0) is 70.8 Å². The summed E-state index contributed by atoms with van der Waals surface area (Å²) in [4.78, 5) is 31.4. The molecule has 2 N–H and O–H groups in total. The lowest BCUT2D eigenvalue weighted by molar-refractivity contribution is -0.595.